The van der Waals surface area contributed by atoms with E-state index in [0.29, 0.717) is 5.56 Å². The van der Waals surface area contributed by atoms with Gasteiger partial charge in [-0.3, -0.25) is 0 Å². The first-order valence-electron chi connectivity index (χ1n) is 21.0. The Morgan fingerprint density at radius 3 is 1.96 bits per heavy atom. The third-order valence-electron chi connectivity index (χ3n) is 8.56. The normalized spacial score (nSPS) is 14.5. The summed E-state index contributed by atoms with van der Waals surface area (Å²) >= 11 is 0. The van der Waals surface area contributed by atoms with E-state index < -0.39 is 54.4 Å². The van der Waals surface area contributed by atoms with Crippen LogP contribution in [-0.2, 0) is 0 Å². The molecule has 0 saturated heterocycles. The zero-order chi connectivity index (χ0) is 41.4. The highest BCUT2D eigenvalue weighted by molar-refractivity contribution is 6.10. The van der Waals surface area contributed by atoms with Crippen molar-refractivity contribution in [1.29, 1.82) is 0 Å². The van der Waals surface area contributed by atoms with Gasteiger partial charge in [0.2, 0.25) is 0 Å². The quantitative estimate of drug-likeness (QED) is 0.179. The van der Waals surface area contributed by atoms with Crippen molar-refractivity contribution >= 4 is 49.6 Å². The first-order chi connectivity index (χ1) is 28.4. The maximum Gasteiger partial charge on any atom is 0.0651 e. The van der Waals surface area contributed by atoms with Gasteiger partial charge in [-0.1, -0.05) is 133 Å². The summed E-state index contributed by atoms with van der Waals surface area (Å²) in [4.78, 5) is 1.31. The van der Waals surface area contributed by atoms with Crippen LogP contribution in [0.25, 0.3) is 60.5 Å². The van der Waals surface area contributed by atoms with Gasteiger partial charge < -0.3 is 9.47 Å². The number of hydrogen-bond acceptors (Lipinski definition) is 1. The summed E-state index contributed by atoms with van der Waals surface area (Å²) in [6.45, 7) is 0. The number of benzene rings is 8. The SMILES string of the molecule is [2H]c1c([2H])c(-c2ccc3c(c2)c2ccccc2n3-c2ccccc2)c([2H])c(N(c2ccc(-c3ccccc3)cc2)c2c([2H])c([2H])c([2H])c3c([2H])c([2H])c([2H])c([2H])c23)c1[2H]. The summed E-state index contributed by atoms with van der Waals surface area (Å²) in [7, 11) is 0. The molecule has 9 aromatic rings. The van der Waals surface area contributed by atoms with E-state index in [1.165, 1.54) is 4.90 Å². The third kappa shape index (κ3) is 4.83. The Balaban J connectivity index is 1.36. The van der Waals surface area contributed by atoms with Crippen LogP contribution in [0.2, 0.25) is 0 Å². The van der Waals surface area contributed by atoms with E-state index in [0.717, 1.165) is 38.6 Å². The zero-order valence-electron chi connectivity index (χ0n) is 36.5. The molecule has 0 unspecified atom stereocenters. The van der Waals surface area contributed by atoms with E-state index >= 15 is 0 Å². The number of rotatable bonds is 6. The molecule has 0 N–H and O–H groups in total. The average Bonchev–Trinajstić information content (AvgIpc) is 3.59. The van der Waals surface area contributed by atoms with Crippen molar-refractivity contribution in [2.45, 2.75) is 0 Å². The van der Waals surface area contributed by atoms with E-state index in [4.69, 9.17) is 9.60 Å². The maximum absolute atomic E-state index is 9.86. The first-order valence-corrected chi connectivity index (χ1v) is 15.5. The summed E-state index contributed by atoms with van der Waals surface area (Å²) in [5, 5.41) is 1.22. The van der Waals surface area contributed by atoms with Crippen LogP contribution >= 0.6 is 0 Å². The van der Waals surface area contributed by atoms with Gasteiger partial charge in [0.15, 0.2) is 0 Å². The largest absolute Gasteiger partial charge is 0.310 e. The third-order valence-corrected chi connectivity index (χ3v) is 8.56. The van der Waals surface area contributed by atoms with Gasteiger partial charge in [-0.15, -0.1) is 0 Å². The summed E-state index contributed by atoms with van der Waals surface area (Å²) in [6, 6.07) is 34.0. The van der Waals surface area contributed by atoms with Gasteiger partial charge in [-0.2, -0.15) is 0 Å². The molecule has 0 spiro atoms. The lowest BCUT2D eigenvalue weighted by Gasteiger charge is -2.27. The van der Waals surface area contributed by atoms with Gasteiger partial charge in [-0.05, 0) is 88.2 Å². The van der Waals surface area contributed by atoms with Gasteiger partial charge >= 0.3 is 0 Å². The molecule has 9 rings (SSSR count). The smallest absolute Gasteiger partial charge is 0.0651 e. The minimum absolute atomic E-state index is 0.0336. The first kappa shape index (κ1) is 18.7. The number of hydrogen-bond donors (Lipinski definition) is 0. The van der Waals surface area contributed by atoms with Crippen molar-refractivity contribution in [2.24, 2.45) is 0 Å². The Kier molecular flexibility index (Phi) is 4.58. The molecule has 0 aliphatic carbocycles. The van der Waals surface area contributed by atoms with E-state index in [-0.39, 0.29) is 45.5 Å². The summed E-state index contributed by atoms with van der Waals surface area (Å²) in [5.74, 6) is 0. The number of nitrogens with zero attached hydrogens (tertiary/aromatic N) is 2. The van der Waals surface area contributed by atoms with E-state index in [9.17, 15) is 5.48 Å². The second-order valence-corrected chi connectivity index (χ2v) is 11.4. The van der Waals surface area contributed by atoms with Crippen LogP contribution in [0.15, 0.2) is 194 Å². The minimum Gasteiger partial charge on any atom is -0.310 e. The standard InChI is InChI=1S/C46H32N2/c1-3-13-33(14-4-1)34-25-28-39(29-26-34)47(44-24-12-16-35-15-7-8-21-41(35)44)40-20-11-17-36(31-40)37-27-30-46-43(32-37)42-22-9-10-23-45(42)48(46)38-18-5-2-6-19-38/h1-32H/i7D,8D,11D,12D,15D,16D,17D,20D,21D,24D,31D. The molecular formula is C46H32N2. The second kappa shape index (κ2) is 11.8. The van der Waals surface area contributed by atoms with Crippen LogP contribution in [0.1, 0.15) is 15.1 Å². The monoisotopic (exact) mass is 623 g/mol. The Morgan fingerprint density at radius 1 is 0.438 bits per heavy atom. The van der Waals surface area contributed by atoms with Crippen LogP contribution in [0.4, 0.5) is 17.1 Å². The molecule has 0 bridgehead atoms. The Hall–Kier alpha value is -6.38. The fourth-order valence-corrected chi connectivity index (χ4v) is 6.34. The molecule has 2 heteroatoms. The molecule has 0 amide bonds. The van der Waals surface area contributed by atoms with Gasteiger partial charge in [0.25, 0.3) is 0 Å². The lowest BCUT2D eigenvalue weighted by molar-refractivity contribution is 1.18. The van der Waals surface area contributed by atoms with E-state index in [2.05, 4.69) is 4.57 Å². The second-order valence-electron chi connectivity index (χ2n) is 11.4. The summed E-state index contributed by atoms with van der Waals surface area (Å²) in [6.07, 6.45) is 0. The Labute approximate surface area is 295 Å². The van der Waals surface area contributed by atoms with Crippen LogP contribution in [0, 0.1) is 0 Å². The summed E-state index contributed by atoms with van der Waals surface area (Å²) < 4.78 is 101. The molecule has 0 radical (unpaired) electrons. The highest BCUT2D eigenvalue weighted by atomic mass is 15.1. The summed E-state index contributed by atoms with van der Waals surface area (Å²) in [5.41, 5.74) is 4.71. The topological polar surface area (TPSA) is 8.17 Å². The predicted molar refractivity (Wildman–Crippen MR) is 204 cm³/mol. The molecule has 226 valence electrons. The Morgan fingerprint density at radius 2 is 1.10 bits per heavy atom. The molecule has 1 heterocycles. The highest BCUT2D eigenvalue weighted by Crippen LogP contribution is 2.41. The molecule has 0 fully saturated rings. The van der Waals surface area contributed by atoms with Gasteiger partial charge in [0, 0.05) is 33.2 Å². The molecular weight excluding hydrogens is 581 g/mol. The molecule has 0 aliphatic heterocycles. The highest BCUT2D eigenvalue weighted by Gasteiger charge is 2.17. The molecule has 1 aromatic heterocycles. The van der Waals surface area contributed by atoms with Crippen molar-refractivity contribution in [3.05, 3.63) is 194 Å². The fourth-order valence-electron chi connectivity index (χ4n) is 6.34. The van der Waals surface area contributed by atoms with Crippen LogP contribution < -0.4 is 4.90 Å². The molecule has 0 aliphatic rings. The number of para-hydroxylation sites is 2. The van der Waals surface area contributed by atoms with Gasteiger partial charge in [0.05, 0.1) is 31.8 Å². The number of fused-ring (bicyclic) bond motifs is 4. The Bertz CT molecular complexity index is 3160. The van der Waals surface area contributed by atoms with Gasteiger partial charge in [0.1, 0.15) is 0 Å². The van der Waals surface area contributed by atoms with Gasteiger partial charge in [-0.25, -0.2) is 0 Å². The lowest BCUT2D eigenvalue weighted by Crippen LogP contribution is -2.10. The maximum atomic E-state index is 9.86. The van der Waals surface area contributed by atoms with E-state index in [1.54, 1.807) is 30.3 Å². The van der Waals surface area contributed by atoms with Crippen molar-refractivity contribution in [3.8, 4) is 27.9 Å². The fraction of sp³-hybridized carbons (Fsp3) is 0. The molecule has 0 saturated carbocycles. The molecule has 48 heavy (non-hydrogen) atoms. The van der Waals surface area contributed by atoms with Crippen molar-refractivity contribution in [2.75, 3.05) is 4.90 Å². The predicted octanol–water partition coefficient (Wildman–Crippen LogP) is 12.7. The van der Waals surface area contributed by atoms with Crippen molar-refractivity contribution < 1.29 is 15.1 Å². The zero-order valence-corrected chi connectivity index (χ0v) is 25.5. The minimum atomic E-state index is -0.622. The van der Waals surface area contributed by atoms with Crippen molar-refractivity contribution in [1.82, 2.24) is 4.57 Å². The average molecular weight is 624 g/mol. The molecule has 8 aromatic carbocycles. The van der Waals surface area contributed by atoms with Crippen molar-refractivity contribution in [3.63, 3.8) is 0 Å². The van der Waals surface area contributed by atoms with Crippen LogP contribution in [0.5, 0.6) is 0 Å². The van der Waals surface area contributed by atoms with Crippen LogP contribution in [0.3, 0.4) is 0 Å². The van der Waals surface area contributed by atoms with E-state index in [1.807, 2.05) is 97.1 Å². The molecule has 2 nitrogen and oxygen atoms in total. The molecule has 0 atom stereocenters. The number of aromatic nitrogens is 1. The lowest BCUT2D eigenvalue weighted by atomic mass is 10.0. The van der Waals surface area contributed by atoms with Crippen LogP contribution in [-0.4, -0.2) is 4.57 Å². The number of anilines is 3.